The highest BCUT2D eigenvalue weighted by Gasteiger charge is 2.16. The summed E-state index contributed by atoms with van der Waals surface area (Å²) in [6, 6.07) is 7.90. The summed E-state index contributed by atoms with van der Waals surface area (Å²) in [6.45, 7) is 0. The summed E-state index contributed by atoms with van der Waals surface area (Å²) < 4.78 is 13.5. The van der Waals surface area contributed by atoms with Gasteiger partial charge in [0.2, 0.25) is 0 Å². The van der Waals surface area contributed by atoms with Crippen molar-refractivity contribution < 1.29 is 4.39 Å². The molecule has 0 bridgehead atoms. The fourth-order valence-corrected chi connectivity index (χ4v) is 2.24. The van der Waals surface area contributed by atoms with Gasteiger partial charge < -0.3 is 11.1 Å². The minimum absolute atomic E-state index is 0.00101. The molecule has 0 amide bonds. The lowest BCUT2D eigenvalue weighted by molar-refractivity contribution is 0.629. The van der Waals surface area contributed by atoms with Crippen LogP contribution in [-0.4, -0.2) is 5.84 Å². The van der Waals surface area contributed by atoms with Crippen molar-refractivity contribution in [1.29, 1.82) is 0 Å². The molecule has 0 unspecified atom stereocenters. The number of rotatable bonds is 0. The van der Waals surface area contributed by atoms with E-state index in [1.54, 1.807) is 18.2 Å². The van der Waals surface area contributed by atoms with Gasteiger partial charge in [0, 0.05) is 16.7 Å². The Balaban J connectivity index is 2.24. The third-order valence-electron chi connectivity index (χ3n) is 2.81. The van der Waals surface area contributed by atoms with E-state index in [4.69, 9.17) is 28.9 Å². The zero-order chi connectivity index (χ0) is 13.6. The second-order valence-corrected chi connectivity index (χ2v) is 4.94. The van der Waals surface area contributed by atoms with Gasteiger partial charge in [-0.2, -0.15) is 0 Å². The first-order valence-electron chi connectivity index (χ1n) is 5.45. The molecule has 2 aromatic rings. The van der Waals surface area contributed by atoms with E-state index in [1.165, 1.54) is 12.1 Å². The number of amidine groups is 1. The van der Waals surface area contributed by atoms with Crippen molar-refractivity contribution >= 4 is 46.1 Å². The van der Waals surface area contributed by atoms with Crippen LogP contribution in [0.1, 0.15) is 5.56 Å². The minimum Gasteiger partial charge on any atom is -0.383 e. The highest BCUT2D eigenvalue weighted by Crippen LogP contribution is 2.37. The maximum Gasteiger partial charge on any atom is 0.144 e. The Hall–Kier alpha value is -1.78. The van der Waals surface area contributed by atoms with E-state index < -0.39 is 5.82 Å². The highest BCUT2D eigenvalue weighted by atomic mass is 35.5. The number of fused-ring (bicyclic) bond motifs is 2. The number of halogens is 3. The molecule has 1 aliphatic heterocycles. The lowest BCUT2D eigenvalue weighted by Gasteiger charge is -2.10. The van der Waals surface area contributed by atoms with Crippen molar-refractivity contribution in [3.8, 4) is 0 Å². The first-order chi connectivity index (χ1) is 9.04. The summed E-state index contributed by atoms with van der Waals surface area (Å²) in [6.07, 6.45) is 0. The van der Waals surface area contributed by atoms with Gasteiger partial charge in [0.25, 0.3) is 0 Å². The van der Waals surface area contributed by atoms with Gasteiger partial charge in [-0.25, -0.2) is 9.38 Å². The van der Waals surface area contributed by atoms with E-state index in [1.807, 2.05) is 0 Å². The van der Waals surface area contributed by atoms with E-state index in [0.717, 1.165) is 0 Å². The first kappa shape index (κ1) is 12.3. The van der Waals surface area contributed by atoms with E-state index in [2.05, 4.69) is 10.3 Å². The minimum atomic E-state index is -0.521. The van der Waals surface area contributed by atoms with Gasteiger partial charge in [-0.15, -0.1) is 0 Å². The molecule has 3 nitrogen and oxygen atoms in total. The van der Waals surface area contributed by atoms with Crippen LogP contribution in [0.3, 0.4) is 0 Å². The van der Waals surface area contributed by atoms with Gasteiger partial charge in [-0.05, 0) is 24.3 Å². The van der Waals surface area contributed by atoms with E-state index in [-0.39, 0.29) is 5.02 Å². The Morgan fingerprint density at radius 2 is 1.89 bits per heavy atom. The zero-order valence-electron chi connectivity index (χ0n) is 9.55. The van der Waals surface area contributed by atoms with Crippen molar-refractivity contribution in [3.63, 3.8) is 0 Å². The van der Waals surface area contributed by atoms with Crippen LogP contribution in [0.5, 0.6) is 0 Å². The molecule has 0 atom stereocenters. The van der Waals surface area contributed by atoms with Crippen molar-refractivity contribution in [2.45, 2.75) is 0 Å². The lowest BCUT2D eigenvalue weighted by Crippen LogP contribution is -2.13. The van der Waals surface area contributed by atoms with E-state index in [0.29, 0.717) is 33.5 Å². The fourth-order valence-electron chi connectivity index (χ4n) is 1.91. The number of nitrogens with zero attached hydrogens (tertiary/aromatic N) is 1. The molecule has 0 aromatic heterocycles. The summed E-state index contributed by atoms with van der Waals surface area (Å²) in [5.41, 5.74) is 8.28. The van der Waals surface area contributed by atoms with Gasteiger partial charge in [-0.1, -0.05) is 23.2 Å². The second kappa shape index (κ2) is 4.40. The molecule has 3 rings (SSSR count). The third kappa shape index (κ3) is 2.13. The molecule has 0 aliphatic carbocycles. The number of anilines is 2. The maximum absolute atomic E-state index is 13.5. The quantitative estimate of drug-likeness (QED) is 0.764. The SMILES string of the molecule is NC1=Nc2cc(Cl)c(F)cc2Nc2cc(Cl)ccc21. The standard InChI is InChI=1S/C13H8Cl2FN3/c14-6-1-2-7-10(3-6)18-12-5-9(16)8(15)4-11(12)19-13(7)17/h1-5,18H,(H2,17,19). The molecule has 6 heteroatoms. The average Bonchev–Trinajstić information content (AvgIpc) is 2.46. The van der Waals surface area contributed by atoms with Crippen LogP contribution >= 0.6 is 23.2 Å². The van der Waals surface area contributed by atoms with Gasteiger partial charge >= 0.3 is 0 Å². The molecule has 0 radical (unpaired) electrons. The van der Waals surface area contributed by atoms with Crippen LogP contribution in [-0.2, 0) is 0 Å². The Morgan fingerprint density at radius 1 is 1.11 bits per heavy atom. The molecule has 0 spiro atoms. The van der Waals surface area contributed by atoms with E-state index in [9.17, 15) is 4.39 Å². The Labute approximate surface area is 118 Å². The number of benzene rings is 2. The fraction of sp³-hybridized carbons (Fsp3) is 0. The predicted molar refractivity (Wildman–Crippen MR) is 76.5 cm³/mol. The molecule has 96 valence electrons. The summed E-state index contributed by atoms with van der Waals surface area (Å²) in [7, 11) is 0. The molecule has 19 heavy (non-hydrogen) atoms. The lowest BCUT2D eigenvalue weighted by atomic mass is 10.1. The maximum atomic E-state index is 13.5. The summed E-state index contributed by atoms with van der Waals surface area (Å²) >= 11 is 11.7. The second-order valence-electron chi connectivity index (χ2n) is 4.10. The third-order valence-corrected chi connectivity index (χ3v) is 3.33. The smallest absolute Gasteiger partial charge is 0.144 e. The Kier molecular flexibility index (Phi) is 2.84. The number of nitrogens with two attached hydrogens (primary N) is 1. The monoisotopic (exact) mass is 295 g/mol. The van der Waals surface area contributed by atoms with Crippen LogP contribution in [0.2, 0.25) is 10.0 Å². The molecule has 3 N–H and O–H groups in total. The van der Waals surface area contributed by atoms with Crippen LogP contribution in [0.15, 0.2) is 35.3 Å². The molecular weight excluding hydrogens is 288 g/mol. The molecule has 1 heterocycles. The zero-order valence-corrected chi connectivity index (χ0v) is 11.1. The number of nitrogens with one attached hydrogen (secondary N) is 1. The summed E-state index contributed by atoms with van der Waals surface area (Å²) in [5.74, 6) is -0.201. The van der Waals surface area contributed by atoms with Gasteiger partial charge in [0.15, 0.2) is 0 Å². The van der Waals surface area contributed by atoms with Crippen molar-refractivity contribution in [2.75, 3.05) is 5.32 Å². The molecular formula is C13H8Cl2FN3. The average molecular weight is 296 g/mol. The van der Waals surface area contributed by atoms with Crippen LogP contribution in [0.4, 0.5) is 21.5 Å². The molecule has 2 aromatic carbocycles. The topological polar surface area (TPSA) is 50.4 Å². The highest BCUT2D eigenvalue weighted by molar-refractivity contribution is 6.31. The van der Waals surface area contributed by atoms with E-state index >= 15 is 0 Å². The largest absolute Gasteiger partial charge is 0.383 e. The predicted octanol–water partition coefficient (Wildman–Crippen LogP) is 4.23. The van der Waals surface area contributed by atoms with Gasteiger partial charge in [0.1, 0.15) is 11.7 Å². The molecule has 0 saturated heterocycles. The number of hydrogen-bond acceptors (Lipinski definition) is 3. The van der Waals surface area contributed by atoms with Crippen molar-refractivity contribution in [3.05, 3.63) is 51.8 Å². The Morgan fingerprint density at radius 3 is 2.68 bits per heavy atom. The van der Waals surface area contributed by atoms with Crippen LogP contribution in [0, 0.1) is 5.82 Å². The Bertz CT molecular complexity index is 713. The van der Waals surface area contributed by atoms with Crippen molar-refractivity contribution in [1.82, 2.24) is 0 Å². The number of aliphatic imine (C=N–C) groups is 1. The summed E-state index contributed by atoms with van der Waals surface area (Å²) in [4.78, 5) is 4.25. The van der Waals surface area contributed by atoms with Crippen LogP contribution in [0.25, 0.3) is 0 Å². The summed E-state index contributed by atoms with van der Waals surface area (Å²) in [5, 5.41) is 3.62. The molecule has 1 aliphatic rings. The van der Waals surface area contributed by atoms with Gasteiger partial charge in [0.05, 0.1) is 22.1 Å². The first-order valence-corrected chi connectivity index (χ1v) is 6.20. The molecule has 0 saturated carbocycles. The number of hydrogen-bond donors (Lipinski definition) is 2. The van der Waals surface area contributed by atoms with Crippen molar-refractivity contribution in [2.24, 2.45) is 10.7 Å². The van der Waals surface area contributed by atoms with Gasteiger partial charge in [-0.3, -0.25) is 0 Å². The molecule has 0 fully saturated rings. The normalized spacial score (nSPS) is 12.9. The van der Waals surface area contributed by atoms with Crippen LogP contribution < -0.4 is 11.1 Å².